The Morgan fingerprint density at radius 3 is 2.50 bits per heavy atom. The summed E-state index contributed by atoms with van der Waals surface area (Å²) in [6, 6.07) is 22.9. The predicted molar refractivity (Wildman–Crippen MR) is 115 cm³/mol. The summed E-state index contributed by atoms with van der Waals surface area (Å²) in [6.45, 7) is -0.207. The van der Waals surface area contributed by atoms with Gasteiger partial charge in [-0.05, 0) is 29.0 Å². The number of phenols is 1. The molecular formula is C25H16O5. The van der Waals surface area contributed by atoms with Crippen molar-refractivity contribution >= 4 is 38.5 Å². The van der Waals surface area contributed by atoms with E-state index in [2.05, 4.69) is 0 Å². The van der Waals surface area contributed by atoms with E-state index in [1.54, 1.807) is 30.3 Å². The first kappa shape index (κ1) is 17.9. The predicted octanol–water partition coefficient (Wildman–Crippen LogP) is 5.07. The Morgan fingerprint density at radius 1 is 0.867 bits per heavy atom. The lowest BCUT2D eigenvalue weighted by molar-refractivity contribution is 0.0921. The van der Waals surface area contributed by atoms with Gasteiger partial charge in [0.05, 0.1) is 5.39 Å². The lowest BCUT2D eigenvalue weighted by Gasteiger charge is -2.09. The molecule has 5 heteroatoms. The standard InChI is InChI=1S/C25H16O5/c26-20-12-18(13-23-24(20)25(28)19-7-3-4-8-22(19)30-23)29-14-21(27)17-10-9-15-5-1-2-6-16(15)11-17/h1-13,26H,14H2. The molecule has 5 aromatic rings. The van der Waals surface area contributed by atoms with Gasteiger partial charge >= 0.3 is 0 Å². The van der Waals surface area contributed by atoms with E-state index in [9.17, 15) is 14.7 Å². The second-order valence-corrected chi connectivity index (χ2v) is 7.02. The third-order valence-electron chi connectivity index (χ3n) is 5.07. The van der Waals surface area contributed by atoms with Crippen LogP contribution in [0.1, 0.15) is 10.4 Å². The van der Waals surface area contributed by atoms with Crippen LogP contribution in [-0.4, -0.2) is 17.5 Å². The summed E-state index contributed by atoms with van der Waals surface area (Å²) in [5.74, 6) is -0.201. The topological polar surface area (TPSA) is 76.7 Å². The quantitative estimate of drug-likeness (QED) is 0.339. The number of ketones is 1. The van der Waals surface area contributed by atoms with Crippen LogP contribution in [0.5, 0.6) is 11.5 Å². The number of Topliss-reactive ketones (excluding diaryl/α,β-unsaturated/α-hetero) is 1. The second kappa shape index (κ2) is 7.04. The number of benzene rings is 4. The molecule has 0 aliphatic rings. The van der Waals surface area contributed by atoms with Gasteiger partial charge in [0.25, 0.3) is 0 Å². The summed E-state index contributed by atoms with van der Waals surface area (Å²) in [7, 11) is 0. The van der Waals surface area contributed by atoms with Crippen LogP contribution in [0.2, 0.25) is 0 Å². The highest BCUT2D eigenvalue weighted by Gasteiger charge is 2.14. The first-order chi connectivity index (χ1) is 14.6. The fraction of sp³-hybridized carbons (Fsp3) is 0.0400. The van der Waals surface area contributed by atoms with Gasteiger partial charge in [-0.1, -0.05) is 48.5 Å². The largest absolute Gasteiger partial charge is 0.507 e. The van der Waals surface area contributed by atoms with Crippen LogP contribution >= 0.6 is 0 Å². The molecule has 0 bridgehead atoms. The number of para-hydroxylation sites is 1. The Hall–Kier alpha value is -4.12. The third-order valence-corrected chi connectivity index (χ3v) is 5.07. The van der Waals surface area contributed by atoms with Gasteiger partial charge in [-0.25, -0.2) is 0 Å². The Balaban J connectivity index is 1.45. The Labute approximate surface area is 170 Å². The molecule has 1 aromatic heterocycles. The number of carbonyl (C=O) groups is 1. The number of hydrogen-bond donors (Lipinski definition) is 1. The number of hydrogen-bond acceptors (Lipinski definition) is 5. The first-order valence-corrected chi connectivity index (χ1v) is 9.43. The van der Waals surface area contributed by atoms with E-state index in [0.717, 1.165) is 10.8 Å². The molecule has 0 saturated heterocycles. The van der Waals surface area contributed by atoms with E-state index in [-0.39, 0.29) is 40.3 Å². The van der Waals surface area contributed by atoms with Crippen molar-refractivity contribution in [2.75, 3.05) is 6.61 Å². The maximum absolute atomic E-state index is 12.7. The van der Waals surface area contributed by atoms with Crippen molar-refractivity contribution in [2.45, 2.75) is 0 Å². The van der Waals surface area contributed by atoms with Crippen LogP contribution in [0.4, 0.5) is 0 Å². The zero-order valence-electron chi connectivity index (χ0n) is 15.8. The summed E-state index contributed by atoms with van der Waals surface area (Å²) in [5, 5.41) is 12.9. The molecule has 0 unspecified atom stereocenters. The summed E-state index contributed by atoms with van der Waals surface area (Å²) in [5.41, 5.74) is 0.838. The summed E-state index contributed by atoms with van der Waals surface area (Å²) in [4.78, 5) is 25.2. The zero-order valence-corrected chi connectivity index (χ0v) is 15.8. The number of aromatic hydroxyl groups is 1. The fourth-order valence-electron chi connectivity index (χ4n) is 3.56. The minimum absolute atomic E-state index is 0.0851. The van der Waals surface area contributed by atoms with Crippen molar-refractivity contribution in [2.24, 2.45) is 0 Å². The minimum atomic E-state index is -0.317. The zero-order chi connectivity index (χ0) is 20.7. The molecular weight excluding hydrogens is 380 g/mol. The van der Waals surface area contributed by atoms with Crippen LogP contribution in [0, 0.1) is 0 Å². The van der Waals surface area contributed by atoms with Crippen LogP contribution < -0.4 is 10.2 Å². The third kappa shape index (κ3) is 3.06. The molecule has 0 fully saturated rings. The Kier molecular flexibility index (Phi) is 4.21. The van der Waals surface area contributed by atoms with E-state index in [4.69, 9.17) is 9.15 Å². The normalized spacial score (nSPS) is 11.2. The molecule has 0 saturated carbocycles. The molecule has 5 nitrogen and oxygen atoms in total. The van der Waals surface area contributed by atoms with Crippen LogP contribution in [-0.2, 0) is 0 Å². The lowest BCUT2D eigenvalue weighted by Crippen LogP contribution is -2.11. The smallest absolute Gasteiger partial charge is 0.204 e. The number of fused-ring (bicyclic) bond motifs is 3. The van der Waals surface area contributed by atoms with Crippen molar-refractivity contribution in [3.8, 4) is 11.5 Å². The van der Waals surface area contributed by atoms with Gasteiger partial charge in [-0.15, -0.1) is 0 Å². The molecule has 0 radical (unpaired) electrons. The number of rotatable bonds is 4. The highest BCUT2D eigenvalue weighted by atomic mass is 16.5. The second-order valence-electron chi connectivity index (χ2n) is 7.02. The molecule has 30 heavy (non-hydrogen) atoms. The molecule has 146 valence electrons. The van der Waals surface area contributed by atoms with Gasteiger partial charge < -0.3 is 14.3 Å². The van der Waals surface area contributed by atoms with Crippen LogP contribution in [0.25, 0.3) is 32.7 Å². The molecule has 0 aliphatic carbocycles. The molecule has 0 amide bonds. The monoisotopic (exact) mass is 396 g/mol. The van der Waals surface area contributed by atoms with Crippen LogP contribution in [0.3, 0.4) is 0 Å². The summed E-state index contributed by atoms with van der Waals surface area (Å²) in [6.07, 6.45) is 0. The van der Waals surface area contributed by atoms with Gasteiger partial charge in [0.2, 0.25) is 5.43 Å². The van der Waals surface area contributed by atoms with Crippen molar-refractivity contribution in [3.63, 3.8) is 0 Å². The van der Waals surface area contributed by atoms with Gasteiger partial charge in [-0.3, -0.25) is 9.59 Å². The fourth-order valence-corrected chi connectivity index (χ4v) is 3.56. The average molecular weight is 396 g/mol. The highest BCUT2D eigenvalue weighted by molar-refractivity contribution is 6.01. The molecule has 0 aliphatic heterocycles. The van der Waals surface area contributed by atoms with E-state index in [0.29, 0.717) is 16.5 Å². The van der Waals surface area contributed by atoms with Crippen molar-refractivity contribution in [1.82, 2.24) is 0 Å². The van der Waals surface area contributed by atoms with E-state index < -0.39 is 0 Å². The minimum Gasteiger partial charge on any atom is -0.507 e. The van der Waals surface area contributed by atoms with Crippen LogP contribution in [0.15, 0.2) is 88.1 Å². The van der Waals surface area contributed by atoms with E-state index in [1.165, 1.54) is 12.1 Å². The molecule has 1 heterocycles. The van der Waals surface area contributed by atoms with Crippen molar-refractivity contribution < 1.29 is 19.1 Å². The average Bonchev–Trinajstić information content (AvgIpc) is 2.77. The summed E-state index contributed by atoms with van der Waals surface area (Å²) >= 11 is 0. The van der Waals surface area contributed by atoms with Gasteiger partial charge in [0.1, 0.15) is 28.1 Å². The molecule has 1 N–H and O–H groups in total. The SMILES string of the molecule is O=C(COc1cc(O)c2c(=O)c3ccccc3oc2c1)c1ccc2ccccc2c1. The lowest BCUT2D eigenvalue weighted by atomic mass is 10.0. The van der Waals surface area contributed by atoms with E-state index >= 15 is 0 Å². The molecule has 5 rings (SSSR count). The molecule has 0 atom stereocenters. The number of carbonyl (C=O) groups excluding carboxylic acids is 1. The molecule has 4 aromatic carbocycles. The van der Waals surface area contributed by atoms with Crippen molar-refractivity contribution in [1.29, 1.82) is 0 Å². The van der Waals surface area contributed by atoms with E-state index in [1.807, 2.05) is 36.4 Å². The maximum Gasteiger partial charge on any atom is 0.204 e. The van der Waals surface area contributed by atoms with Gasteiger partial charge in [0.15, 0.2) is 12.4 Å². The summed E-state index contributed by atoms with van der Waals surface area (Å²) < 4.78 is 11.4. The Bertz CT molecular complexity index is 1500. The highest BCUT2D eigenvalue weighted by Crippen LogP contribution is 2.30. The number of phenolic OH excluding ortho intramolecular Hbond substituents is 1. The van der Waals surface area contributed by atoms with Gasteiger partial charge in [-0.2, -0.15) is 0 Å². The Morgan fingerprint density at radius 2 is 1.63 bits per heavy atom. The molecule has 0 spiro atoms. The number of ether oxygens (including phenoxy) is 1. The van der Waals surface area contributed by atoms with Gasteiger partial charge in [0, 0.05) is 17.7 Å². The van der Waals surface area contributed by atoms with Crippen molar-refractivity contribution in [3.05, 3.63) is 94.6 Å². The first-order valence-electron chi connectivity index (χ1n) is 9.43. The maximum atomic E-state index is 12.7.